The van der Waals surface area contributed by atoms with E-state index >= 15 is 0 Å². The molecule has 2 aromatic rings. The summed E-state index contributed by atoms with van der Waals surface area (Å²) >= 11 is 0. The molecule has 4 atom stereocenters. The number of hydrogen-bond donors (Lipinski definition) is 3. The van der Waals surface area contributed by atoms with Crippen LogP contribution >= 0.6 is 0 Å². The maximum Gasteiger partial charge on any atom is 0.160 e. The van der Waals surface area contributed by atoms with Crippen LogP contribution in [0, 0.1) is 11.8 Å². The predicted molar refractivity (Wildman–Crippen MR) is 104 cm³/mol. The van der Waals surface area contributed by atoms with Gasteiger partial charge >= 0.3 is 0 Å². The maximum absolute atomic E-state index is 10.5. The Hall–Kier alpha value is -1.93. The summed E-state index contributed by atoms with van der Waals surface area (Å²) in [4.78, 5) is 13.2. The van der Waals surface area contributed by atoms with E-state index in [2.05, 4.69) is 15.3 Å². The Morgan fingerprint density at radius 3 is 2.75 bits per heavy atom. The van der Waals surface area contributed by atoms with Gasteiger partial charge in [-0.2, -0.15) is 0 Å². The van der Waals surface area contributed by atoms with Gasteiger partial charge in [-0.15, -0.1) is 0 Å². The van der Waals surface area contributed by atoms with Gasteiger partial charge in [0.05, 0.1) is 6.10 Å². The van der Waals surface area contributed by atoms with E-state index in [0.717, 1.165) is 37.3 Å². The number of rotatable bonds is 6. The number of ether oxygens (including phenoxy) is 1. The van der Waals surface area contributed by atoms with Crippen LogP contribution in [0.4, 0.5) is 0 Å². The second-order valence-corrected chi connectivity index (χ2v) is 7.79. The van der Waals surface area contributed by atoms with Crippen LogP contribution in [0.3, 0.4) is 0 Å². The van der Waals surface area contributed by atoms with E-state index in [1.54, 1.807) is 18.6 Å². The van der Waals surface area contributed by atoms with Crippen LogP contribution < -0.4 is 5.32 Å². The lowest BCUT2D eigenvalue weighted by Gasteiger charge is -2.31. The third-order valence-corrected chi connectivity index (χ3v) is 6.02. The molecule has 150 valence electrons. The van der Waals surface area contributed by atoms with Crippen molar-refractivity contribution >= 4 is 0 Å². The molecule has 0 spiro atoms. The standard InChI is InChI=1S/C21H28N4O3/c26-13-18-17(19(11-20(18)27)24-15-4-8-28-9-5-15)10-16-3-7-23-21(25-16)14-2-1-6-22-12-14/h1-3,6-7,12,15,17-20,24,26-27H,4-5,8-11,13H2/t17-,18-,19-,20-/m1/s1. The second kappa shape index (κ2) is 9.05. The number of aliphatic hydroxyl groups excluding tert-OH is 2. The molecule has 3 heterocycles. The number of nitrogens with one attached hydrogen (secondary N) is 1. The first-order chi connectivity index (χ1) is 13.7. The Bertz CT molecular complexity index is 754. The van der Waals surface area contributed by atoms with Crippen molar-refractivity contribution in [2.75, 3.05) is 19.8 Å². The van der Waals surface area contributed by atoms with Crippen LogP contribution in [0.15, 0.2) is 36.8 Å². The molecule has 1 aliphatic carbocycles. The summed E-state index contributed by atoms with van der Waals surface area (Å²) in [5.41, 5.74) is 1.80. The van der Waals surface area contributed by atoms with Gasteiger partial charge in [0.2, 0.25) is 0 Å². The molecule has 0 aromatic carbocycles. The molecule has 0 bridgehead atoms. The van der Waals surface area contributed by atoms with Crippen molar-refractivity contribution < 1.29 is 14.9 Å². The lowest BCUT2D eigenvalue weighted by Crippen LogP contribution is -2.44. The first-order valence-corrected chi connectivity index (χ1v) is 10.1. The number of hydrogen-bond acceptors (Lipinski definition) is 7. The van der Waals surface area contributed by atoms with Crippen LogP contribution in [0.1, 0.15) is 25.0 Å². The van der Waals surface area contributed by atoms with E-state index in [4.69, 9.17) is 9.72 Å². The summed E-state index contributed by atoms with van der Waals surface area (Å²) in [7, 11) is 0. The monoisotopic (exact) mass is 384 g/mol. The average Bonchev–Trinajstić information content (AvgIpc) is 3.03. The first-order valence-electron chi connectivity index (χ1n) is 10.1. The van der Waals surface area contributed by atoms with Gasteiger partial charge in [0.15, 0.2) is 5.82 Å². The van der Waals surface area contributed by atoms with Crippen LogP contribution in [0.5, 0.6) is 0 Å². The smallest absolute Gasteiger partial charge is 0.160 e. The second-order valence-electron chi connectivity index (χ2n) is 7.79. The third-order valence-electron chi connectivity index (χ3n) is 6.02. The molecule has 1 saturated heterocycles. The third kappa shape index (κ3) is 4.38. The molecule has 2 aliphatic rings. The van der Waals surface area contributed by atoms with Crippen molar-refractivity contribution in [2.24, 2.45) is 11.8 Å². The van der Waals surface area contributed by atoms with Gasteiger partial charge in [-0.25, -0.2) is 9.97 Å². The van der Waals surface area contributed by atoms with E-state index in [1.165, 1.54) is 0 Å². The molecule has 7 heteroatoms. The fraction of sp³-hybridized carbons (Fsp3) is 0.571. The molecule has 1 saturated carbocycles. The van der Waals surface area contributed by atoms with Gasteiger partial charge in [-0.05, 0) is 49.8 Å². The summed E-state index contributed by atoms with van der Waals surface area (Å²) in [6, 6.07) is 6.30. The molecule has 7 nitrogen and oxygen atoms in total. The van der Waals surface area contributed by atoms with Crippen molar-refractivity contribution in [2.45, 2.75) is 43.9 Å². The lowest BCUT2D eigenvalue weighted by molar-refractivity contribution is 0.0678. The van der Waals surface area contributed by atoms with E-state index in [1.807, 2.05) is 18.2 Å². The van der Waals surface area contributed by atoms with Crippen molar-refractivity contribution in [3.05, 3.63) is 42.5 Å². The minimum absolute atomic E-state index is 0.0155. The van der Waals surface area contributed by atoms with E-state index in [9.17, 15) is 10.2 Å². The van der Waals surface area contributed by atoms with Crippen LogP contribution in [-0.4, -0.2) is 63.2 Å². The molecular weight excluding hydrogens is 356 g/mol. The summed E-state index contributed by atoms with van der Waals surface area (Å²) in [6.07, 6.45) is 8.09. The summed E-state index contributed by atoms with van der Waals surface area (Å²) in [5.74, 6) is 0.632. The predicted octanol–water partition coefficient (Wildman–Crippen LogP) is 1.21. The summed E-state index contributed by atoms with van der Waals surface area (Å²) in [6.45, 7) is 1.54. The Labute approximate surface area is 165 Å². The minimum atomic E-state index is -0.494. The first kappa shape index (κ1) is 19.4. The number of pyridine rings is 1. The van der Waals surface area contributed by atoms with E-state index in [0.29, 0.717) is 24.7 Å². The highest BCUT2D eigenvalue weighted by Gasteiger charge is 2.42. The highest BCUT2D eigenvalue weighted by Crippen LogP contribution is 2.35. The molecule has 3 N–H and O–H groups in total. The van der Waals surface area contributed by atoms with Crippen LogP contribution in [0.2, 0.25) is 0 Å². The molecule has 4 rings (SSSR count). The average molecular weight is 384 g/mol. The summed E-state index contributed by atoms with van der Waals surface area (Å²) in [5, 5.41) is 24.1. The largest absolute Gasteiger partial charge is 0.396 e. The van der Waals surface area contributed by atoms with Crippen molar-refractivity contribution in [1.29, 1.82) is 0 Å². The fourth-order valence-corrected chi connectivity index (χ4v) is 4.49. The van der Waals surface area contributed by atoms with Gasteiger partial charge in [-0.3, -0.25) is 4.98 Å². The molecule has 28 heavy (non-hydrogen) atoms. The highest BCUT2D eigenvalue weighted by atomic mass is 16.5. The fourth-order valence-electron chi connectivity index (χ4n) is 4.49. The SMILES string of the molecule is OC[C@@H]1[C@@H](Cc2ccnc(-c3cccnc3)n2)[C@H](NC2CCOCC2)C[C@H]1O. The zero-order valence-electron chi connectivity index (χ0n) is 15.9. The Morgan fingerprint density at radius 2 is 2.00 bits per heavy atom. The highest BCUT2D eigenvalue weighted by molar-refractivity contribution is 5.52. The van der Waals surface area contributed by atoms with Gasteiger partial charge in [0.1, 0.15) is 0 Å². The van der Waals surface area contributed by atoms with Crippen molar-refractivity contribution in [3.8, 4) is 11.4 Å². The Balaban J connectivity index is 1.51. The molecule has 0 amide bonds. The van der Waals surface area contributed by atoms with E-state index < -0.39 is 6.10 Å². The zero-order chi connectivity index (χ0) is 19.3. The normalized spacial score (nSPS) is 28.5. The number of aromatic nitrogens is 3. The van der Waals surface area contributed by atoms with Crippen molar-refractivity contribution in [1.82, 2.24) is 20.3 Å². The zero-order valence-corrected chi connectivity index (χ0v) is 15.9. The van der Waals surface area contributed by atoms with Crippen molar-refractivity contribution in [3.63, 3.8) is 0 Å². The molecule has 2 aromatic heterocycles. The van der Waals surface area contributed by atoms with Gasteiger partial charge < -0.3 is 20.3 Å². The van der Waals surface area contributed by atoms with Gasteiger partial charge in [0, 0.05) is 67.7 Å². The number of nitrogens with zero attached hydrogens (tertiary/aromatic N) is 3. The Kier molecular flexibility index (Phi) is 6.26. The lowest BCUT2D eigenvalue weighted by atomic mass is 9.88. The van der Waals surface area contributed by atoms with Gasteiger partial charge in [-0.1, -0.05) is 0 Å². The van der Waals surface area contributed by atoms with Crippen LogP contribution in [0.25, 0.3) is 11.4 Å². The number of aliphatic hydroxyl groups is 2. The molecule has 2 fully saturated rings. The Morgan fingerprint density at radius 1 is 1.14 bits per heavy atom. The van der Waals surface area contributed by atoms with Crippen LogP contribution in [-0.2, 0) is 11.2 Å². The molecule has 1 aliphatic heterocycles. The topological polar surface area (TPSA) is 100 Å². The minimum Gasteiger partial charge on any atom is -0.396 e. The molecule has 0 unspecified atom stereocenters. The summed E-state index contributed by atoms with van der Waals surface area (Å²) < 4.78 is 5.45. The van der Waals surface area contributed by atoms with E-state index in [-0.39, 0.29) is 24.5 Å². The maximum atomic E-state index is 10.5. The van der Waals surface area contributed by atoms with Gasteiger partial charge in [0.25, 0.3) is 0 Å². The quantitative estimate of drug-likeness (QED) is 0.688. The molecule has 0 radical (unpaired) electrons. The molecular formula is C21H28N4O3.